The van der Waals surface area contributed by atoms with E-state index in [2.05, 4.69) is 28.5 Å². The molecule has 0 radical (unpaired) electrons. The van der Waals surface area contributed by atoms with Crippen molar-refractivity contribution in [3.63, 3.8) is 0 Å². The number of likely N-dealkylation sites (N-methyl/N-ethyl adjacent to an activating group) is 1. The first-order valence-electron chi connectivity index (χ1n) is 7.56. The standard InChI is InChI=1S/C16H25N3O2/c1-4-18-16(20)14-11-17-9-10-19(14)12(2)13-7-5-6-8-15(13)21-3/h5-8,12,14,17H,4,9-11H2,1-3H3,(H,18,20). The third-order valence-electron chi connectivity index (χ3n) is 4.02. The summed E-state index contributed by atoms with van der Waals surface area (Å²) in [6.07, 6.45) is 0. The fraction of sp³-hybridized carbons (Fsp3) is 0.562. The minimum atomic E-state index is -0.140. The van der Waals surface area contributed by atoms with Gasteiger partial charge in [0.05, 0.1) is 7.11 Å². The number of carbonyl (C=O) groups excluding carboxylic acids is 1. The van der Waals surface area contributed by atoms with Crippen molar-refractivity contribution < 1.29 is 9.53 Å². The number of amides is 1. The maximum Gasteiger partial charge on any atom is 0.238 e. The summed E-state index contributed by atoms with van der Waals surface area (Å²) in [5, 5.41) is 6.23. The molecule has 2 rings (SSSR count). The number of ether oxygens (including phenoxy) is 1. The third kappa shape index (κ3) is 3.54. The molecule has 1 fully saturated rings. The molecule has 5 heteroatoms. The number of methoxy groups -OCH3 is 1. The normalized spacial score (nSPS) is 20.8. The molecule has 0 bridgehead atoms. The fourth-order valence-corrected chi connectivity index (χ4v) is 2.91. The Kier molecular flexibility index (Phi) is 5.59. The smallest absolute Gasteiger partial charge is 0.238 e. The van der Waals surface area contributed by atoms with E-state index < -0.39 is 0 Å². The second-order valence-electron chi connectivity index (χ2n) is 5.27. The maximum absolute atomic E-state index is 12.3. The van der Waals surface area contributed by atoms with Crippen LogP contribution in [0.1, 0.15) is 25.5 Å². The van der Waals surface area contributed by atoms with Crippen molar-refractivity contribution in [3.8, 4) is 5.75 Å². The van der Waals surface area contributed by atoms with Crippen LogP contribution in [0.2, 0.25) is 0 Å². The van der Waals surface area contributed by atoms with Crippen molar-refractivity contribution in [2.45, 2.75) is 25.9 Å². The van der Waals surface area contributed by atoms with Crippen LogP contribution >= 0.6 is 0 Å². The number of hydrogen-bond acceptors (Lipinski definition) is 4. The van der Waals surface area contributed by atoms with Crippen molar-refractivity contribution in [1.82, 2.24) is 15.5 Å². The van der Waals surface area contributed by atoms with Crippen LogP contribution in [-0.4, -0.2) is 50.1 Å². The summed E-state index contributed by atoms with van der Waals surface area (Å²) < 4.78 is 5.46. The minimum absolute atomic E-state index is 0.0893. The Balaban J connectivity index is 2.22. The summed E-state index contributed by atoms with van der Waals surface area (Å²) in [6.45, 7) is 7.17. The Morgan fingerprint density at radius 1 is 1.52 bits per heavy atom. The highest BCUT2D eigenvalue weighted by molar-refractivity contribution is 5.82. The number of piperazine rings is 1. The van der Waals surface area contributed by atoms with Crippen LogP contribution < -0.4 is 15.4 Å². The zero-order valence-corrected chi connectivity index (χ0v) is 13.1. The average molecular weight is 291 g/mol. The van der Waals surface area contributed by atoms with Gasteiger partial charge in [0, 0.05) is 37.8 Å². The summed E-state index contributed by atoms with van der Waals surface area (Å²) in [5.41, 5.74) is 1.12. The number of rotatable bonds is 5. The Morgan fingerprint density at radius 3 is 3.00 bits per heavy atom. The molecule has 1 heterocycles. The molecular weight excluding hydrogens is 266 g/mol. The van der Waals surface area contributed by atoms with Crippen LogP contribution in [0.25, 0.3) is 0 Å². The molecule has 0 saturated carbocycles. The number of carbonyl (C=O) groups is 1. The number of nitrogens with one attached hydrogen (secondary N) is 2. The molecule has 1 saturated heterocycles. The van der Waals surface area contributed by atoms with Crippen LogP contribution in [-0.2, 0) is 4.79 Å². The SMILES string of the molecule is CCNC(=O)C1CNCCN1C(C)c1ccccc1OC. The van der Waals surface area contributed by atoms with Gasteiger partial charge in [-0.15, -0.1) is 0 Å². The molecule has 2 N–H and O–H groups in total. The monoisotopic (exact) mass is 291 g/mol. The van der Waals surface area contributed by atoms with Gasteiger partial charge in [-0.25, -0.2) is 0 Å². The van der Waals surface area contributed by atoms with Gasteiger partial charge >= 0.3 is 0 Å². The maximum atomic E-state index is 12.3. The number of para-hydroxylation sites is 1. The Labute approximate surface area is 126 Å². The Morgan fingerprint density at radius 2 is 2.29 bits per heavy atom. The molecule has 2 unspecified atom stereocenters. The van der Waals surface area contributed by atoms with Crippen molar-refractivity contribution >= 4 is 5.91 Å². The van der Waals surface area contributed by atoms with Gasteiger partial charge in [-0.05, 0) is 19.9 Å². The molecule has 0 spiro atoms. The van der Waals surface area contributed by atoms with E-state index in [1.165, 1.54) is 0 Å². The largest absolute Gasteiger partial charge is 0.496 e. The van der Waals surface area contributed by atoms with Gasteiger partial charge in [-0.1, -0.05) is 18.2 Å². The van der Waals surface area contributed by atoms with Gasteiger partial charge < -0.3 is 15.4 Å². The quantitative estimate of drug-likeness (QED) is 0.855. The molecule has 1 aromatic rings. The van der Waals surface area contributed by atoms with Gasteiger partial charge in [0.2, 0.25) is 5.91 Å². The van der Waals surface area contributed by atoms with E-state index in [-0.39, 0.29) is 18.0 Å². The van der Waals surface area contributed by atoms with Crippen LogP contribution in [0.15, 0.2) is 24.3 Å². The molecule has 2 atom stereocenters. The van der Waals surface area contributed by atoms with Gasteiger partial charge in [0.25, 0.3) is 0 Å². The molecule has 1 aliphatic heterocycles. The van der Waals surface area contributed by atoms with Gasteiger partial charge in [-0.3, -0.25) is 9.69 Å². The van der Waals surface area contributed by atoms with Crippen molar-refractivity contribution in [1.29, 1.82) is 0 Å². The van der Waals surface area contributed by atoms with Crippen LogP contribution in [0.4, 0.5) is 0 Å². The predicted molar refractivity (Wildman–Crippen MR) is 83.5 cm³/mol. The molecule has 116 valence electrons. The van der Waals surface area contributed by atoms with E-state index in [1.54, 1.807) is 7.11 Å². The summed E-state index contributed by atoms with van der Waals surface area (Å²) in [5.74, 6) is 0.963. The third-order valence-corrected chi connectivity index (χ3v) is 4.02. The Hall–Kier alpha value is -1.59. The van der Waals surface area contributed by atoms with E-state index in [0.29, 0.717) is 13.1 Å². The molecule has 1 aliphatic rings. The molecular formula is C16H25N3O2. The molecule has 1 aromatic carbocycles. The fourth-order valence-electron chi connectivity index (χ4n) is 2.91. The number of benzene rings is 1. The van der Waals surface area contributed by atoms with Gasteiger partial charge in [0.1, 0.15) is 11.8 Å². The lowest BCUT2D eigenvalue weighted by molar-refractivity contribution is -0.128. The first-order chi connectivity index (χ1) is 10.2. The summed E-state index contributed by atoms with van der Waals surface area (Å²) in [6, 6.07) is 8.01. The van der Waals surface area contributed by atoms with Gasteiger partial charge in [0.15, 0.2) is 0 Å². The summed E-state index contributed by atoms with van der Waals surface area (Å²) >= 11 is 0. The zero-order chi connectivity index (χ0) is 15.2. The lowest BCUT2D eigenvalue weighted by Crippen LogP contribution is -2.58. The Bertz CT molecular complexity index is 478. The van der Waals surface area contributed by atoms with E-state index in [9.17, 15) is 4.79 Å². The van der Waals surface area contributed by atoms with E-state index in [1.807, 2.05) is 25.1 Å². The topological polar surface area (TPSA) is 53.6 Å². The van der Waals surface area contributed by atoms with Crippen LogP contribution in [0.5, 0.6) is 5.75 Å². The highest BCUT2D eigenvalue weighted by Gasteiger charge is 2.32. The van der Waals surface area contributed by atoms with Crippen molar-refractivity contribution in [2.24, 2.45) is 0 Å². The number of nitrogens with zero attached hydrogens (tertiary/aromatic N) is 1. The van der Waals surface area contributed by atoms with Crippen molar-refractivity contribution in [2.75, 3.05) is 33.3 Å². The van der Waals surface area contributed by atoms with Crippen LogP contribution in [0, 0.1) is 0 Å². The first kappa shape index (κ1) is 15.8. The zero-order valence-electron chi connectivity index (χ0n) is 13.1. The average Bonchev–Trinajstić information content (AvgIpc) is 2.54. The second kappa shape index (κ2) is 7.43. The van der Waals surface area contributed by atoms with E-state index in [4.69, 9.17) is 4.74 Å². The van der Waals surface area contributed by atoms with Crippen molar-refractivity contribution in [3.05, 3.63) is 29.8 Å². The molecule has 0 aliphatic carbocycles. The summed E-state index contributed by atoms with van der Waals surface area (Å²) in [4.78, 5) is 14.5. The molecule has 0 aromatic heterocycles. The highest BCUT2D eigenvalue weighted by atomic mass is 16.5. The van der Waals surface area contributed by atoms with E-state index in [0.717, 1.165) is 24.4 Å². The lowest BCUT2D eigenvalue weighted by atomic mass is 10.0. The molecule has 21 heavy (non-hydrogen) atoms. The number of hydrogen-bond donors (Lipinski definition) is 2. The van der Waals surface area contributed by atoms with E-state index >= 15 is 0 Å². The van der Waals surface area contributed by atoms with Crippen LogP contribution in [0.3, 0.4) is 0 Å². The minimum Gasteiger partial charge on any atom is -0.496 e. The first-order valence-corrected chi connectivity index (χ1v) is 7.56. The highest BCUT2D eigenvalue weighted by Crippen LogP contribution is 2.30. The molecule has 1 amide bonds. The lowest BCUT2D eigenvalue weighted by Gasteiger charge is -2.39. The second-order valence-corrected chi connectivity index (χ2v) is 5.27. The summed E-state index contributed by atoms with van der Waals surface area (Å²) in [7, 11) is 1.69. The van der Waals surface area contributed by atoms with Gasteiger partial charge in [-0.2, -0.15) is 0 Å². The predicted octanol–water partition coefficient (Wildman–Crippen LogP) is 1.17. The molecule has 5 nitrogen and oxygen atoms in total.